The number of amides is 2. The number of carbonyl (C=O) groups is 1. The molecule has 2 amide bonds. The Labute approximate surface area is 210 Å². The van der Waals surface area contributed by atoms with E-state index < -0.39 is 0 Å². The van der Waals surface area contributed by atoms with Gasteiger partial charge in [-0.25, -0.2) is 19.4 Å². The summed E-state index contributed by atoms with van der Waals surface area (Å²) >= 11 is 0. The molecule has 1 fully saturated rings. The van der Waals surface area contributed by atoms with Gasteiger partial charge in [-0.15, -0.1) is 0 Å². The van der Waals surface area contributed by atoms with Crippen LogP contribution in [0, 0.1) is 0 Å². The summed E-state index contributed by atoms with van der Waals surface area (Å²) in [6.45, 7) is 6.67. The Morgan fingerprint density at radius 2 is 1.86 bits per heavy atom. The Morgan fingerprint density at radius 3 is 2.58 bits per heavy atom. The number of ether oxygens (including phenoxy) is 1. The largest absolute Gasteiger partial charge is 0.487 e. The van der Waals surface area contributed by atoms with Gasteiger partial charge in [-0.05, 0) is 31.0 Å². The molecule has 4 aromatic rings. The van der Waals surface area contributed by atoms with Crippen LogP contribution < -0.4 is 20.7 Å². The fourth-order valence-corrected chi connectivity index (χ4v) is 3.98. The zero-order valence-electron chi connectivity index (χ0n) is 21.0. The molecule has 2 aromatic heterocycles. The average molecular weight is 486 g/mol. The van der Waals surface area contributed by atoms with Crippen molar-refractivity contribution in [1.82, 2.24) is 19.7 Å². The quantitative estimate of drug-likeness (QED) is 0.309. The Morgan fingerprint density at radius 1 is 1.08 bits per heavy atom. The molecule has 2 aromatic carbocycles. The number of anilines is 3. The fraction of sp³-hybridized carbons (Fsp3) is 0.333. The molecule has 0 atom stereocenters. The van der Waals surface area contributed by atoms with Gasteiger partial charge >= 0.3 is 6.03 Å². The standard InChI is InChI=1S/C27H31N7O2/c1-27(2,3)23-15-24(34(33-23)18-9-10-18)32-26(35)31-21-11-12-22(20-8-6-5-7-19(20)21)36-16-17-13-14-29-25(28-4)30-17/h5-8,11-15,18H,9-10,16H2,1-4H3,(H,28,29,30)(H2,31,32,35). The van der Waals surface area contributed by atoms with Crippen LogP contribution in [0.4, 0.5) is 22.2 Å². The molecule has 5 rings (SSSR count). The molecule has 1 aliphatic carbocycles. The molecule has 1 aliphatic rings. The second kappa shape index (κ2) is 9.49. The summed E-state index contributed by atoms with van der Waals surface area (Å²) in [5.74, 6) is 1.97. The summed E-state index contributed by atoms with van der Waals surface area (Å²) in [6.07, 6.45) is 3.86. The van der Waals surface area contributed by atoms with Gasteiger partial charge in [-0.1, -0.05) is 45.0 Å². The number of urea groups is 1. The van der Waals surface area contributed by atoms with Gasteiger partial charge < -0.3 is 15.4 Å². The Balaban J connectivity index is 1.34. The number of nitrogens with zero attached hydrogens (tertiary/aromatic N) is 4. The van der Waals surface area contributed by atoms with Crippen LogP contribution in [0.1, 0.15) is 51.0 Å². The van der Waals surface area contributed by atoms with Crippen molar-refractivity contribution in [3.63, 3.8) is 0 Å². The van der Waals surface area contributed by atoms with E-state index in [1.54, 1.807) is 13.2 Å². The van der Waals surface area contributed by atoms with Gasteiger partial charge in [0.05, 0.1) is 23.1 Å². The number of hydrogen-bond donors (Lipinski definition) is 3. The van der Waals surface area contributed by atoms with Crippen LogP contribution in [0.25, 0.3) is 10.8 Å². The average Bonchev–Trinajstić information content (AvgIpc) is 3.62. The minimum absolute atomic E-state index is 0.0977. The first-order valence-electron chi connectivity index (χ1n) is 12.1. The highest BCUT2D eigenvalue weighted by Gasteiger charge is 2.30. The first-order valence-corrected chi connectivity index (χ1v) is 12.1. The summed E-state index contributed by atoms with van der Waals surface area (Å²) in [5, 5.41) is 15.5. The molecule has 0 unspecified atom stereocenters. The predicted molar refractivity (Wildman–Crippen MR) is 142 cm³/mol. The monoisotopic (exact) mass is 485 g/mol. The lowest BCUT2D eigenvalue weighted by molar-refractivity contribution is 0.262. The maximum atomic E-state index is 13.0. The number of carbonyl (C=O) groups excluding carboxylic acids is 1. The van der Waals surface area contributed by atoms with Gasteiger partial charge in [0, 0.05) is 35.5 Å². The zero-order valence-corrected chi connectivity index (χ0v) is 21.0. The summed E-state index contributed by atoms with van der Waals surface area (Å²) in [6, 6.07) is 15.4. The van der Waals surface area contributed by atoms with Crippen molar-refractivity contribution in [2.45, 2.75) is 51.7 Å². The lowest BCUT2D eigenvalue weighted by Crippen LogP contribution is -2.21. The number of aromatic nitrogens is 4. The summed E-state index contributed by atoms with van der Waals surface area (Å²) < 4.78 is 8.03. The zero-order chi connectivity index (χ0) is 25.3. The highest BCUT2D eigenvalue weighted by atomic mass is 16.5. The van der Waals surface area contributed by atoms with Gasteiger partial charge in [0.15, 0.2) is 0 Å². The highest BCUT2D eigenvalue weighted by Crippen LogP contribution is 2.38. The number of rotatable bonds is 7. The number of fused-ring (bicyclic) bond motifs is 1. The van der Waals surface area contributed by atoms with E-state index in [9.17, 15) is 4.79 Å². The van der Waals surface area contributed by atoms with Gasteiger partial charge in [-0.2, -0.15) is 5.10 Å². The molecule has 3 N–H and O–H groups in total. The summed E-state index contributed by atoms with van der Waals surface area (Å²) in [5.41, 5.74) is 2.33. The molecule has 2 heterocycles. The fourth-order valence-electron chi connectivity index (χ4n) is 3.98. The maximum absolute atomic E-state index is 13.0. The predicted octanol–water partition coefficient (Wildman–Crippen LogP) is 5.72. The molecule has 1 saturated carbocycles. The Bertz CT molecular complexity index is 1400. The minimum Gasteiger partial charge on any atom is -0.487 e. The van der Waals surface area contributed by atoms with Crippen LogP contribution in [0.5, 0.6) is 5.75 Å². The summed E-state index contributed by atoms with van der Waals surface area (Å²) in [4.78, 5) is 21.6. The number of hydrogen-bond acceptors (Lipinski definition) is 6. The third-order valence-corrected chi connectivity index (χ3v) is 6.08. The van der Waals surface area contributed by atoms with Crippen molar-refractivity contribution >= 4 is 34.3 Å². The SMILES string of the molecule is CNc1nccc(COc2ccc(NC(=O)Nc3cc(C(C)(C)C)nn3C3CC3)c3ccccc23)n1. The van der Waals surface area contributed by atoms with Gasteiger partial charge in [-0.3, -0.25) is 5.32 Å². The molecule has 9 heteroatoms. The molecule has 0 spiro atoms. The van der Waals surface area contributed by atoms with Crippen LogP contribution in [0.2, 0.25) is 0 Å². The first-order chi connectivity index (χ1) is 17.3. The van der Waals surface area contributed by atoms with Gasteiger partial charge in [0.2, 0.25) is 5.95 Å². The van der Waals surface area contributed by atoms with E-state index >= 15 is 0 Å². The molecular formula is C27H31N7O2. The second-order valence-corrected chi connectivity index (χ2v) is 9.99. The maximum Gasteiger partial charge on any atom is 0.324 e. The van der Waals surface area contributed by atoms with Crippen molar-refractivity contribution in [1.29, 1.82) is 0 Å². The van der Waals surface area contributed by atoms with Crippen molar-refractivity contribution in [2.75, 3.05) is 23.0 Å². The molecule has 0 radical (unpaired) electrons. The molecule has 0 bridgehead atoms. The molecule has 0 aliphatic heterocycles. The van der Waals surface area contributed by atoms with Crippen molar-refractivity contribution in [3.8, 4) is 5.75 Å². The van der Waals surface area contributed by atoms with E-state index in [0.29, 0.717) is 30.0 Å². The van der Waals surface area contributed by atoms with E-state index in [2.05, 4.69) is 46.7 Å². The third-order valence-electron chi connectivity index (χ3n) is 6.08. The van der Waals surface area contributed by atoms with Crippen molar-refractivity contribution < 1.29 is 9.53 Å². The molecule has 36 heavy (non-hydrogen) atoms. The lowest BCUT2D eigenvalue weighted by atomic mass is 9.92. The van der Waals surface area contributed by atoms with E-state index in [-0.39, 0.29) is 11.4 Å². The smallest absolute Gasteiger partial charge is 0.324 e. The molecule has 9 nitrogen and oxygen atoms in total. The topological polar surface area (TPSA) is 106 Å². The van der Waals surface area contributed by atoms with E-state index in [1.807, 2.05) is 53.2 Å². The summed E-state index contributed by atoms with van der Waals surface area (Å²) in [7, 11) is 1.78. The highest BCUT2D eigenvalue weighted by molar-refractivity contribution is 6.07. The third kappa shape index (κ3) is 5.10. The van der Waals surface area contributed by atoms with Crippen LogP contribution in [0.15, 0.2) is 54.7 Å². The molecule has 186 valence electrons. The Hall–Kier alpha value is -4.14. The number of nitrogens with one attached hydrogen (secondary N) is 3. The molecular weight excluding hydrogens is 454 g/mol. The van der Waals surface area contributed by atoms with Gasteiger partial charge in [0.1, 0.15) is 18.2 Å². The van der Waals surface area contributed by atoms with Crippen LogP contribution in [-0.4, -0.2) is 32.8 Å². The molecule has 0 saturated heterocycles. The lowest BCUT2D eigenvalue weighted by Gasteiger charge is -2.14. The normalized spacial score (nSPS) is 13.4. The van der Waals surface area contributed by atoms with Crippen molar-refractivity contribution in [2.24, 2.45) is 0 Å². The van der Waals surface area contributed by atoms with Crippen LogP contribution >= 0.6 is 0 Å². The van der Waals surface area contributed by atoms with Crippen LogP contribution in [0.3, 0.4) is 0 Å². The minimum atomic E-state index is -0.309. The Kier molecular flexibility index (Phi) is 6.22. The van der Waals surface area contributed by atoms with E-state index in [1.165, 1.54) is 0 Å². The first kappa shape index (κ1) is 23.6. The van der Waals surface area contributed by atoms with E-state index in [4.69, 9.17) is 9.84 Å². The number of benzene rings is 2. The van der Waals surface area contributed by atoms with Gasteiger partial charge in [0.25, 0.3) is 0 Å². The van der Waals surface area contributed by atoms with Crippen LogP contribution in [-0.2, 0) is 12.0 Å². The van der Waals surface area contributed by atoms with E-state index in [0.717, 1.165) is 40.8 Å². The van der Waals surface area contributed by atoms with Crippen molar-refractivity contribution in [3.05, 3.63) is 66.1 Å². The second-order valence-electron chi connectivity index (χ2n) is 9.99.